The normalized spacial score (nSPS) is 10.0. The van der Waals surface area contributed by atoms with E-state index in [0.29, 0.717) is 32.9 Å². The molecular weight excluding hydrogens is 327 g/mol. The quantitative estimate of drug-likeness (QED) is 0.851. The number of hydrogen-bond donors (Lipinski definition) is 2. The van der Waals surface area contributed by atoms with Gasteiger partial charge in [0.2, 0.25) is 0 Å². The number of ether oxygens (including phenoxy) is 2. The van der Waals surface area contributed by atoms with Crippen LogP contribution in [-0.2, 0) is 0 Å². The molecule has 0 heterocycles. The van der Waals surface area contributed by atoms with Gasteiger partial charge in [-0.05, 0) is 36.4 Å². The molecule has 2 amide bonds. The fourth-order valence-corrected chi connectivity index (χ4v) is 2.24. The molecule has 0 bridgehead atoms. The van der Waals surface area contributed by atoms with Crippen LogP contribution in [0.3, 0.4) is 0 Å². The third-order valence-corrected chi connectivity index (χ3v) is 3.35. The Kier molecular flexibility index (Phi) is 5.35. The maximum Gasteiger partial charge on any atom is 0.323 e. The van der Waals surface area contributed by atoms with Crippen LogP contribution in [0.25, 0.3) is 0 Å². The minimum absolute atomic E-state index is 0.403. The van der Waals surface area contributed by atoms with Gasteiger partial charge in [-0.1, -0.05) is 23.2 Å². The molecule has 2 aromatic rings. The van der Waals surface area contributed by atoms with Crippen LogP contribution in [0, 0.1) is 0 Å². The molecule has 2 aromatic carbocycles. The lowest BCUT2D eigenvalue weighted by molar-refractivity contribution is 0.262. The summed E-state index contributed by atoms with van der Waals surface area (Å²) in [5, 5.41) is 6.22. The van der Waals surface area contributed by atoms with Gasteiger partial charge in [0.25, 0.3) is 0 Å². The number of rotatable bonds is 4. The van der Waals surface area contributed by atoms with Crippen LogP contribution in [0.15, 0.2) is 36.4 Å². The summed E-state index contributed by atoms with van der Waals surface area (Å²) in [7, 11) is 3.03. The Morgan fingerprint density at radius 2 is 1.64 bits per heavy atom. The third-order valence-electron chi connectivity index (χ3n) is 2.82. The molecule has 0 aliphatic rings. The number of hydrogen-bond acceptors (Lipinski definition) is 3. The number of nitrogens with one attached hydrogen (secondary N) is 2. The zero-order valence-electron chi connectivity index (χ0n) is 11.9. The van der Waals surface area contributed by atoms with Crippen LogP contribution in [0.2, 0.25) is 10.0 Å². The molecule has 0 saturated heterocycles. The molecule has 2 rings (SSSR count). The van der Waals surface area contributed by atoms with Crippen molar-refractivity contribution in [2.75, 3.05) is 24.9 Å². The first-order chi connectivity index (χ1) is 10.5. The van der Waals surface area contributed by atoms with Gasteiger partial charge in [-0.25, -0.2) is 4.79 Å². The number of urea groups is 1. The summed E-state index contributed by atoms with van der Waals surface area (Å²) in [5.41, 5.74) is 0.997. The molecule has 116 valence electrons. The van der Waals surface area contributed by atoms with Gasteiger partial charge >= 0.3 is 6.03 Å². The number of methoxy groups -OCH3 is 2. The smallest absolute Gasteiger partial charge is 0.323 e. The number of carbonyl (C=O) groups excluding carboxylic acids is 1. The Morgan fingerprint density at radius 1 is 0.955 bits per heavy atom. The van der Waals surface area contributed by atoms with Gasteiger partial charge in [-0.2, -0.15) is 0 Å². The van der Waals surface area contributed by atoms with E-state index in [4.69, 9.17) is 32.7 Å². The van der Waals surface area contributed by atoms with Gasteiger partial charge in [0.05, 0.1) is 24.9 Å². The van der Waals surface area contributed by atoms with E-state index in [2.05, 4.69) is 10.6 Å². The SMILES string of the molecule is COc1ccc(NC(=O)Nc2cc(Cl)ccc2OC)cc1Cl. The highest BCUT2D eigenvalue weighted by atomic mass is 35.5. The fraction of sp³-hybridized carbons (Fsp3) is 0.133. The molecule has 0 spiro atoms. The minimum Gasteiger partial charge on any atom is -0.495 e. The predicted molar refractivity (Wildman–Crippen MR) is 88.6 cm³/mol. The Hall–Kier alpha value is -2.11. The molecule has 7 heteroatoms. The van der Waals surface area contributed by atoms with Crippen LogP contribution in [0.4, 0.5) is 16.2 Å². The average molecular weight is 341 g/mol. The maximum atomic E-state index is 12.0. The first-order valence-corrected chi connectivity index (χ1v) is 7.04. The van der Waals surface area contributed by atoms with Crippen molar-refractivity contribution < 1.29 is 14.3 Å². The highest BCUT2D eigenvalue weighted by Gasteiger charge is 2.09. The monoisotopic (exact) mass is 340 g/mol. The average Bonchev–Trinajstić information content (AvgIpc) is 2.47. The molecule has 0 atom stereocenters. The molecule has 0 aromatic heterocycles. The summed E-state index contributed by atoms with van der Waals surface area (Å²) in [6.45, 7) is 0. The predicted octanol–water partition coefficient (Wildman–Crippen LogP) is 4.65. The van der Waals surface area contributed by atoms with Gasteiger partial charge in [-0.15, -0.1) is 0 Å². The summed E-state index contributed by atoms with van der Waals surface area (Å²) in [5.74, 6) is 1.04. The maximum absolute atomic E-state index is 12.0. The highest BCUT2D eigenvalue weighted by molar-refractivity contribution is 6.32. The Bertz CT molecular complexity index is 692. The number of amides is 2. The summed E-state index contributed by atoms with van der Waals surface area (Å²) in [6.07, 6.45) is 0. The molecule has 0 aliphatic carbocycles. The van der Waals surface area contributed by atoms with E-state index < -0.39 is 6.03 Å². The van der Waals surface area contributed by atoms with Crippen molar-refractivity contribution in [3.63, 3.8) is 0 Å². The molecule has 0 unspecified atom stereocenters. The summed E-state index contributed by atoms with van der Waals surface area (Å²) in [6, 6.07) is 9.43. The van der Waals surface area contributed by atoms with Crippen LogP contribution in [0.1, 0.15) is 0 Å². The second kappa shape index (κ2) is 7.24. The van der Waals surface area contributed by atoms with Crippen LogP contribution >= 0.6 is 23.2 Å². The van der Waals surface area contributed by atoms with E-state index in [9.17, 15) is 4.79 Å². The van der Waals surface area contributed by atoms with E-state index >= 15 is 0 Å². The summed E-state index contributed by atoms with van der Waals surface area (Å²) < 4.78 is 10.2. The lowest BCUT2D eigenvalue weighted by Crippen LogP contribution is -2.19. The second-order valence-corrected chi connectivity index (χ2v) is 5.12. The van der Waals surface area contributed by atoms with Crippen molar-refractivity contribution in [3.8, 4) is 11.5 Å². The van der Waals surface area contributed by atoms with Gasteiger partial charge in [0, 0.05) is 10.7 Å². The number of benzene rings is 2. The van der Waals surface area contributed by atoms with Crippen molar-refractivity contribution in [1.29, 1.82) is 0 Å². The molecule has 0 radical (unpaired) electrons. The standard InChI is InChI=1S/C15H14Cl2N2O3/c1-21-13-6-4-10(8-11(13)17)18-15(20)19-12-7-9(16)3-5-14(12)22-2/h3-8H,1-2H3,(H2,18,19,20). The fourth-order valence-electron chi connectivity index (χ4n) is 1.81. The minimum atomic E-state index is -0.443. The number of anilines is 2. The van der Waals surface area contributed by atoms with Crippen molar-refractivity contribution in [2.45, 2.75) is 0 Å². The van der Waals surface area contributed by atoms with E-state index in [0.717, 1.165) is 0 Å². The van der Waals surface area contributed by atoms with Crippen LogP contribution in [0.5, 0.6) is 11.5 Å². The van der Waals surface area contributed by atoms with E-state index in [-0.39, 0.29) is 0 Å². The van der Waals surface area contributed by atoms with Gasteiger partial charge in [0.15, 0.2) is 0 Å². The first-order valence-electron chi connectivity index (χ1n) is 6.28. The Labute approximate surface area is 138 Å². The van der Waals surface area contributed by atoms with Crippen molar-refractivity contribution in [2.24, 2.45) is 0 Å². The Morgan fingerprint density at radius 3 is 2.27 bits per heavy atom. The summed E-state index contributed by atoms with van der Waals surface area (Å²) in [4.78, 5) is 12.0. The molecule has 0 fully saturated rings. The lowest BCUT2D eigenvalue weighted by Gasteiger charge is -2.12. The third kappa shape index (κ3) is 3.96. The van der Waals surface area contributed by atoms with Crippen molar-refractivity contribution in [1.82, 2.24) is 0 Å². The molecule has 0 aliphatic heterocycles. The van der Waals surface area contributed by atoms with E-state index in [1.807, 2.05) is 0 Å². The van der Waals surface area contributed by atoms with Crippen molar-refractivity contribution >= 4 is 40.6 Å². The topological polar surface area (TPSA) is 59.6 Å². The zero-order chi connectivity index (χ0) is 16.1. The zero-order valence-corrected chi connectivity index (χ0v) is 13.5. The summed E-state index contributed by atoms with van der Waals surface area (Å²) >= 11 is 11.9. The van der Waals surface area contributed by atoms with Gasteiger partial charge < -0.3 is 20.1 Å². The molecule has 5 nitrogen and oxygen atoms in total. The van der Waals surface area contributed by atoms with E-state index in [1.54, 1.807) is 36.4 Å². The number of carbonyl (C=O) groups is 1. The molecule has 0 saturated carbocycles. The molecule has 2 N–H and O–H groups in total. The van der Waals surface area contributed by atoms with Gasteiger partial charge in [-0.3, -0.25) is 0 Å². The van der Waals surface area contributed by atoms with Gasteiger partial charge in [0.1, 0.15) is 11.5 Å². The molecule has 22 heavy (non-hydrogen) atoms. The van der Waals surface area contributed by atoms with E-state index in [1.165, 1.54) is 14.2 Å². The lowest BCUT2D eigenvalue weighted by atomic mass is 10.3. The van der Waals surface area contributed by atoms with Crippen molar-refractivity contribution in [3.05, 3.63) is 46.4 Å². The first kappa shape index (κ1) is 16.3. The highest BCUT2D eigenvalue weighted by Crippen LogP contribution is 2.29. The van der Waals surface area contributed by atoms with Crippen LogP contribution in [-0.4, -0.2) is 20.3 Å². The largest absolute Gasteiger partial charge is 0.495 e. The number of halogens is 2. The molecular formula is C15H14Cl2N2O3. The Balaban J connectivity index is 2.10. The van der Waals surface area contributed by atoms with Crippen LogP contribution < -0.4 is 20.1 Å². The second-order valence-electron chi connectivity index (χ2n) is 4.27.